The number of benzene rings is 1. The van der Waals surface area contributed by atoms with Crippen LogP contribution >= 0.6 is 0 Å². The van der Waals surface area contributed by atoms with Crippen molar-refractivity contribution in [3.05, 3.63) is 48.4 Å². The average Bonchev–Trinajstić information content (AvgIpc) is 2.95. The zero-order valence-electron chi connectivity index (χ0n) is 11.0. The molecule has 1 N–H and O–H groups in total. The minimum Gasteiger partial charge on any atom is -0.459 e. The van der Waals surface area contributed by atoms with Crippen molar-refractivity contribution in [2.24, 2.45) is 0 Å². The number of piperazine rings is 1. The fraction of sp³-hybridized carbons (Fsp3) is 0.133. The Balaban J connectivity index is 1.91. The van der Waals surface area contributed by atoms with Crippen LogP contribution in [0, 0.1) is 0 Å². The summed E-state index contributed by atoms with van der Waals surface area (Å²) in [6.45, 7) is -0.307. The zero-order valence-corrected chi connectivity index (χ0v) is 11.0. The summed E-state index contributed by atoms with van der Waals surface area (Å²) in [6, 6.07) is 11.0. The highest BCUT2D eigenvalue weighted by Gasteiger charge is 2.30. The van der Waals surface area contributed by atoms with Gasteiger partial charge in [0, 0.05) is 5.56 Å². The zero-order chi connectivity index (χ0) is 14.8. The monoisotopic (exact) mass is 284 g/mol. The van der Waals surface area contributed by atoms with Gasteiger partial charge in [0.2, 0.25) is 11.8 Å². The number of rotatable bonds is 2. The molecule has 3 amide bonds. The first-order valence-electron chi connectivity index (χ1n) is 6.40. The first-order chi connectivity index (χ1) is 10.1. The van der Waals surface area contributed by atoms with E-state index in [1.54, 1.807) is 6.07 Å². The standard InChI is InChI=1S/C15H12N2O4/c18-12-8-17(9-13(19)16-12)15(20)14-11(6-7-21-14)10-4-2-1-3-5-10/h1-7H,8-9H2,(H,16,18,19). The van der Waals surface area contributed by atoms with Crippen LogP contribution in [0.1, 0.15) is 10.6 Å². The Morgan fingerprint density at radius 1 is 1.05 bits per heavy atom. The van der Waals surface area contributed by atoms with Crippen molar-refractivity contribution in [3.8, 4) is 11.1 Å². The van der Waals surface area contributed by atoms with Crippen LogP contribution in [0.25, 0.3) is 11.1 Å². The molecule has 106 valence electrons. The molecule has 0 aliphatic carbocycles. The fourth-order valence-corrected chi connectivity index (χ4v) is 2.24. The van der Waals surface area contributed by atoms with Crippen molar-refractivity contribution < 1.29 is 18.8 Å². The maximum atomic E-state index is 12.4. The molecule has 2 aromatic rings. The maximum Gasteiger partial charge on any atom is 0.291 e. The smallest absolute Gasteiger partial charge is 0.291 e. The van der Waals surface area contributed by atoms with Gasteiger partial charge in [-0.1, -0.05) is 30.3 Å². The molecule has 0 atom stereocenters. The third-order valence-electron chi connectivity index (χ3n) is 3.18. The van der Waals surface area contributed by atoms with Crippen LogP contribution in [-0.2, 0) is 9.59 Å². The van der Waals surface area contributed by atoms with Gasteiger partial charge in [0.05, 0.1) is 6.26 Å². The molecule has 6 heteroatoms. The first kappa shape index (κ1) is 13.1. The summed E-state index contributed by atoms with van der Waals surface area (Å²) in [4.78, 5) is 36.3. The molecule has 0 bridgehead atoms. The van der Waals surface area contributed by atoms with Gasteiger partial charge in [0.15, 0.2) is 5.76 Å². The summed E-state index contributed by atoms with van der Waals surface area (Å²) >= 11 is 0. The number of nitrogens with one attached hydrogen (secondary N) is 1. The lowest BCUT2D eigenvalue weighted by Gasteiger charge is -2.24. The number of imide groups is 1. The second kappa shape index (κ2) is 5.24. The van der Waals surface area contributed by atoms with E-state index < -0.39 is 17.7 Å². The van der Waals surface area contributed by atoms with Gasteiger partial charge >= 0.3 is 0 Å². The predicted molar refractivity (Wildman–Crippen MR) is 73.2 cm³/mol. The molecular formula is C15H12N2O4. The molecular weight excluding hydrogens is 272 g/mol. The third-order valence-corrected chi connectivity index (χ3v) is 3.18. The molecule has 0 saturated carbocycles. The highest BCUT2D eigenvalue weighted by molar-refractivity contribution is 6.06. The summed E-state index contributed by atoms with van der Waals surface area (Å²) in [5.41, 5.74) is 1.47. The Kier molecular flexibility index (Phi) is 3.27. The van der Waals surface area contributed by atoms with Gasteiger partial charge in [-0.05, 0) is 11.6 Å². The van der Waals surface area contributed by atoms with Crippen LogP contribution in [0.2, 0.25) is 0 Å². The minimum atomic E-state index is -0.493. The molecule has 0 spiro atoms. The molecule has 1 aromatic carbocycles. The van der Waals surface area contributed by atoms with Crippen molar-refractivity contribution in [1.29, 1.82) is 0 Å². The minimum absolute atomic E-state index is 0.128. The lowest BCUT2D eigenvalue weighted by atomic mass is 10.1. The Bertz CT molecular complexity index is 689. The topological polar surface area (TPSA) is 79.6 Å². The van der Waals surface area contributed by atoms with Crippen molar-refractivity contribution in [2.45, 2.75) is 0 Å². The lowest BCUT2D eigenvalue weighted by molar-refractivity contribution is -0.135. The van der Waals surface area contributed by atoms with E-state index in [1.165, 1.54) is 11.2 Å². The van der Waals surface area contributed by atoms with Gasteiger partial charge < -0.3 is 9.32 Å². The Morgan fingerprint density at radius 2 is 1.71 bits per heavy atom. The van der Waals surface area contributed by atoms with Crippen molar-refractivity contribution in [2.75, 3.05) is 13.1 Å². The second-order valence-electron chi connectivity index (χ2n) is 4.66. The molecule has 3 rings (SSSR count). The molecule has 2 heterocycles. The van der Waals surface area contributed by atoms with E-state index in [0.717, 1.165) is 5.56 Å². The summed E-state index contributed by atoms with van der Waals surface area (Å²) < 4.78 is 5.27. The Labute approximate surface area is 120 Å². The number of amides is 3. The molecule has 1 aromatic heterocycles. The lowest BCUT2D eigenvalue weighted by Crippen LogP contribution is -2.53. The van der Waals surface area contributed by atoms with Crippen LogP contribution in [0.15, 0.2) is 47.1 Å². The van der Waals surface area contributed by atoms with Gasteiger partial charge in [-0.25, -0.2) is 0 Å². The van der Waals surface area contributed by atoms with Gasteiger partial charge in [-0.15, -0.1) is 0 Å². The van der Waals surface area contributed by atoms with Crippen LogP contribution < -0.4 is 5.32 Å². The number of furan rings is 1. The highest BCUT2D eigenvalue weighted by Crippen LogP contribution is 2.25. The molecule has 1 fully saturated rings. The molecule has 1 aliphatic rings. The van der Waals surface area contributed by atoms with E-state index in [2.05, 4.69) is 5.32 Å². The SMILES string of the molecule is O=C1CN(C(=O)c2occc2-c2ccccc2)CC(=O)N1. The largest absolute Gasteiger partial charge is 0.459 e. The first-order valence-corrected chi connectivity index (χ1v) is 6.40. The van der Waals surface area contributed by atoms with E-state index in [1.807, 2.05) is 30.3 Å². The number of hydrogen-bond acceptors (Lipinski definition) is 4. The second-order valence-corrected chi connectivity index (χ2v) is 4.66. The number of nitrogens with zero attached hydrogens (tertiary/aromatic N) is 1. The molecule has 6 nitrogen and oxygen atoms in total. The summed E-state index contributed by atoms with van der Waals surface area (Å²) in [5, 5.41) is 2.15. The molecule has 1 saturated heterocycles. The third kappa shape index (κ3) is 2.55. The van der Waals surface area contributed by atoms with Crippen LogP contribution in [0.3, 0.4) is 0 Å². The number of carbonyl (C=O) groups excluding carboxylic acids is 3. The molecule has 21 heavy (non-hydrogen) atoms. The summed E-state index contributed by atoms with van der Waals surface area (Å²) in [5.74, 6) is -1.33. The molecule has 1 aliphatic heterocycles. The quantitative estimate of drug-likeness (QED) is 0.836. The summed E-state index contributed by atoms with van der Waals surface area (Å²) in [7, 11) is 0. The van der Waals surface area contributed by atoms with Gasteiger partial charge in [-0.3, -0.25) is 19.7 Å². The Hall–Kier alpha value is -2.89. The van der Waals surface area contributed by atoms with Crippen molar-refractivity contribution >= 4 is 17.7 Å². The van der Waals surface area contributed by atoms with Crippen molar-refractivity contribution in [1.82, 2.24) is 10.2 Å². The van der Waals surface area contributed by atoms with Gasteiger partial charge in [-0.2, -0.15) is 0 Å². The van der Waals surface area contributed by atoms with Crippen LogP contribution in [0.5, 0.6) is 0 Å². The normalized spacial score (nSPS) is 15.0. The van der Waals surface area contributed by atoms with Crippen LogP contribution in [0.4, 0.5) is 0 Å². The van der Waals surface area contributed by atoms with E-state index in [9.17, 15) is 14.4 Å². The Morgan fingerprint density at radius 3 is 2.38 bits per heavy atom. The maximum absolute atomic E-state index is 12.4. The molecule has 0 unspecified atom stereocenters. The van der Waals surface area contributed by atoms with E-state index in [-0.39, 0.29) is 18.8 Å². The van der Waals surface area contributed by atoms with Gasteiger partial charge in [0.25, 0.3) is 5.91 Å². The molecule has 0 radical (unpaired) electrons. The van der Waals surface area contributed by atoms with E-state index in [0.29, 0.717) is 5.56 Å². The number of hydrogen-bond donors (Lipinski definition) is 1. The predicted octanol–water partition coefficient (Wildman–Crippen LogP) is 1.05. The number of carbonyl (C=O) groups is 3. The van der Waals surface area contributed by atoms with Crippen LogP contribution in [-0.4, -0.2) is 35.7 Å². The fourth-order valence-electron chi connectivity index (χ4n) is 2.24. The van der Waals surface area contributed by atoms with E-state index in [4.69, 9.17) is 4.42 Å². The highest BCUT2D eigenvalue weighted by atomic mass is 16.3. The van der Waals surface area contributed by atoms with Crippen molar-refractivity contribution in [3.63, 3.8) is 0 Å². The average molecular weight is 284 g/mol. The summed E-state index contributed by atoms with van der Waals surface area (Å²) in [6.07, 6.45) is 1.42. The van der Waals surface area contributed by atoms with E-state index >= 15 is 0 Å². The van der Waals surface area contributed by atoms with Gasteiger partial charge in [0.1, 0.15) is 13.1 Å².